The number of allylic oxidation sites excluding steroid dienone is 1. The van der Waals surface area contributed by atoms with Crippen LogP contribution in [-0.4, -0.2) is 71.1 Å². The molecule has 11 atom stereocenters. The van der Waals surface area contributed by atoms with Gasteiger partial charge in [0.15, 0.2) is 0 Å². The first-order valence-corrected chi connectivity index (χ1v) is 21.8. The number of fused-ring (bicyclic) bond motifs is 7. The topological polar surface area (TPSA) is 87.2 Å². The van der Waals surface area contributed by atoms with Gasteiger partial charge in [-0.2, -0.15) is 0 Å². The third-order valence-electron chi connectivity index (χ3n) is 18.1. The summed E-state index contributed by atoms with van der Waals surface area (Å²) in [4.78, 5) is 43.7. The predicted molar refractivity (Wildman–Crippen MR) is 212 cm³/mol. The van der Waals surface area contributed by atoms with E-state index in [0.717, 1.165) is 64.7 Å². The van der Waals surface area contributed by atoms with Crippen molar-refractivity contribution < 1.29 is 24.2 Å². The molecule has 1 amide bonds. The van der Waals surface area contributed by atoms with Crippen LogP contribution in [0.3, 0.4) is 0 Å². The quantitative estimate of drug-likeness (QED) is 0.168. The van der Waals surface area contributed by atoms with E-state index in [4.69, 9.17) is 4.74 Å². The molecule has 6 aliphatic rings. The minimum Gasteiger partial charge on any atom is -0.481 e. The molecule has 300 valence electrons. The molecule has 1 aliphatic heterocycles. The van der Waals surface area contributed by atoms with Gasteiger partial charge in [-0.1, -0.05) is 74.5 Å². The normalized spacial score (nSPS) is 41.9. The molecular formula is C46H76N2O5. The van der Waals surface area contributed by atoms with Crippen LogP contribution in [0.1, 0.15) is 159 Å². The molecule has 0 spiro atoms. The van der Waals surface area contributed by atoms with Crippen LogP contribution in [0.5, 0.6) is 0 Å². The van der Waals surface area contributed by atoms with E-state index in [1.165, 1.54) is 44.1 Å². The zero-order chi connectivity index (χ0) is 38.9. The first kappa shape index (κ1) is 40.8. The van der Waals surface area contributed by atoms with Gasteiger partial charge in [-0.05, 0) is 147 Å². The van der Waals surface area contributed by atoms with Crippen LogP contribution < -0.4 is 0 Å². The molecule has 0 radical (unpaired) electrons. The van der Waals surface area contributed by atoms with Gasteiger partial charge in [-0.15, -0.1) is 0 Å². The van der Waals surface area contributed by atoms with Crippen LogP contribution in [0.4, 0.5) is 0 Å². The Kier molecular flexibility index (Phi) is 11.0. The minimum absolute atomic E-state index is 0.0436. The molecule has 0 aromatic carbocycles. The molecule has 6 fully saturated rings. The third kappa shape index (κ3) is 6.75. The number of esters is 1. The number of carboxylic acid groups (broad SMARTS) is 1. The summed E-state index contributed by atoms with van der Waals surface area (Å²) < 4.78 is 6.30. The number of amides is 1. The number of carbonyl (C=O) groups is 3. The molecule has 5 saturated carbocycles. The molecule has 53 heavy (non-hydrogen) atoms. The average molecular weight is 737 g/mol. The number of rotatable bonds is 11. The Morgan fingerprint density at radius 2 is 1.55 bits per heavy atom. The van der Waals surface area contributed by atoms with Crippen molar-refractivity contribution in [1.82, 2.24) is 9.80 Å². The number of carbonyl (C=O) groups excluding carboxylic acids is 2. The number of carboxylic acids is 1. The van der Waals surface area contributed by atoms with Crippen LogP contribution in [0.15, 0.2) is 12.2 Å². The summed E-state index contributed by atoms with van der Waals surface area (Å²) in [5.41, 5.74) is 1.23. The van der Waals surface area contributed by atoms with Crippen molar-refractivity contribution in [2.45, 2.75) is 171 Å². The number of nitrogens with zero attached hydrogens (tertiary/aromatic N) is 2. The maximum atomic E-state index is 14.3. The molecule has 0 unspecified atom stereocenters. The number of ether oxygens (including phenoxy) is 1. The van der Waals surface area contributed by atoms with E-state index in [2.05, 4.69) is 71.8 Å². The van der Waals surface area contributed by atoms with E-state index in [1.54, 1.807) is 0 Å². The summed E-state index contributed by atoms with van der Waals surface area (Å²) >= 11 is 0. The maximum Gasteiger partial charge on any atom is 0.306 e. The summed E-state index contributed by atoms with van der Waals surface area (Å²) in [5, 5.41) is 9.37. The molecule has 1 saturated heterocycles. The van der Waals surface area contributed by atoms with E-state index in [0.29, 0.717) is 41.5 Å². The van der Waals surface area contributed by atoms with Crippen molar-refractivity contribution in [3.05, 3.63) is 12.2 Å². The minimum atomic E-state index is -0.878. The highest BCUT2D eigenvalue weighted by molar-refractivity contribution is 5.77. The highest BCUT2D eigenvalue weighted by Crippen LogP contribution is 2.78. The van der Waals surface area contributed by atoms with E-state index < -0.39 is 11.4 Å². The smallest absolute Gasteiger partial charge is 0.306 e. The van der Waals surface area contributed by atoms with Crippen molar-refractivity contribution >= 4 is 17.8 Å². The van der Waals surface area contributed by atoms with Crippen molar-refractivity contribution in [2.75, 3.05) is 26.2 Å². The highest BCUT2D eigenvalue weighted by atomic mass is 16.5. The lowest BCUT2D eigenvalue weighted by Gasteiger charge is -2.73. The second-order valence-electron chi connectivity index (χ2n) is 21.5. The Balaban J connectivity index is 1.21. The molecule has 1 heterocycles. The van der Waals surface area contributed by atoms with Crippen molar-refractivity contribution in [3.63, 3.8) is 0 Å². The van der Waals surface area contributed by atoms with Gasteiger partial charge in [-0.25, -0.2) is 0 Å². The monoisotopic (exact) mass is 737 g/mol. The third-order valence-corrected chi connectivity index (χ3v) is 18.1. The van der Waals surface area contributed by atoms with Gasteiger partial charge in [0.2, 0.25) is 5.91 Å². The fourth-order valence-corrected chi connectivity index (χ4v) is 15.3. The van der Waals surface area contributed by atoms with Crippen molar-refractivity contribution in [3.8, 4) is 0 Å². The maximum absolute atomic E-state index is 14.3. The van der Waals surface area contributed by atoms with Gasteiger partial charge in [0.25, 0.3) is 0 Å². The molecular weight excluding hydrogens is 661 g/mol. The number of likely N-dealkylation sites (N-methyl/N-ethyl adjacent to an activating group) is 1. The molecule has 5 aliphatic carbocycles. The van der Waals surface area contributed by atoms with Crippen LogP contribution in [0, 0.1) is 62.1 Å². The lowest BCUT2D eigenvalue weighted by atomic mass is 9.32. The lowest BCUT2D eigenvalue weighted by Crippen LogP contribution is -2.67. The zero-order valence-electron chi connectivity index (χ0n) is 35.5. The molecule has 6 rings (SSSR count). The van der Waals surface area contributed by atoms with Gasteiger partial charge in [-0.3, -0.25) is 19.3 Å². The number of hydrogen-bond donors (Lipinski definition) is 1. The Labute approximate surface area is 322 Å². The lowest BCUT2D eigenvalue weighted by molar-refractivity contribution is -0.250. The van der Waals surface area contributed by atoms with Crippen LogP contribution in [0.25, 0.3) is 0 Å². The largest absolute Gasteiger partial charge is 0.481 e. The van der Waals surface area contributed by atoms with Gasteiger partial charge < -0.3 is 14.7 Å². The summed E-state index contributed by atoms with van der Waals surface area (Å²) in [6.45, 7) is 31.6. The first-order chi connectivity index (χ1) is 24.7. The molecule has 0 bridgehead atoms. The van der Waals surface area contributed by atoms with Gasteiger partial charge in [0.1, 0.15) is 6.10 Å². The number of aliphatic carboxylic acids is 1. The van der Waals surface area contributed by atoms with Gasteiger partial charge >= 0.3 is 11.9 Å². The Bertz CT molecular complexity index is 1430. The summed E-state index contributed by atoms with van der Waals surface area (Å²) in [7, 11) is 0. The number of likely N-dealkylation sites (tertiary alicyclic amines) is 1. The fourth-order valence-electron chi connectivity index (χ4n) is 15.3. The predicted octanol–water partition coefficient (Wildman–Crippen LogP) is 9.78. The Hall–Kier alpha value is -1.89. The SMILES string of the molecule is C=C(C)[C@@H]1CC[C@]2(CC(=O)N3CC[C@H](N(CC)CC)C3)CC[C@]3(C)[C@H](CC[C@@H]4[C@@]5(C)CC[C@H](OC(=O)CC(C)(C)CC(=O)O)C(C)(C)[C@@H]5CC[C@]43C)[C@@H]12. The van der Waals surface area contributed by atoms with Gasteiger partial charge in [0, 0.05) is 31.0 Å². The molecule has 1 N–H and O–H groups in total. The second kappa shape index (κ2) is 14.2. The van der Waals surface area contributed by atoms with E-state index in [9.17, 15) is 19.5 Å². The van der Waals surface area contributed by atoms with Crippen LogP contribution in [-0.2, 0) is 19.1 Å². The van der Waals surface area contributed by atoms with Crippen molar-refractivity contribution in [2.24, 2.45) is 62.1 Å². The van der Waals surface area contributed by atoms with E-state index in [1.807, 2.05) is 13.8 Å². The standard InChI is InChI=1S/C46H76N2O5/c1-12-47(13-2)31-19-25-48(29-31)37(49)26-46-22-16-32(30(3)4)40(46)33-14-15-35-43(9)20-18-36(53-39(52)28-41(5,6)27-38(50)51)42(7,8)34(43)17-21-45(35,11)44(33,10)23-24-46/h31-36,40H,3,12-29H2,1-2,4-11H3,(H,50,51)/t31-,32-,33+,34-,35+,36-,40+,43-,44+,45+,46+/m0/s1. The number of hydrogen-bond acceptors (Lipinski definition) is 5. The Morgan fingerprint density at radius 3 is 2.19 bits per heavy atom. The molecule has 0 aromatic rings. The highest BCUT2D eigenvalue weighted by Gasteiger charge is 2.71. The summed E-state index contributed by atoms with van der Waals surface area (Å²) in [6, 6.07) is 0.499. The van der Waals surface area contributed by atoms with E-state index in [-0.39, 0.29) is 52.0 Å². The second-order valence-corrected chi connectivity index (χ2v) is 21.5. The summed E-state index contributed by atoms with van der Waals surface area (Å²) in [6.07, 6.45) is 13.3. The molecule has 7 heteroatoms. The average Bonchev–Trinajstić information content (AvgIpc) is 3.69. The van der Waals surface area contributed by atoms with E-state index >= 15 is 0 Å². The van der Waals surface area contributed by atoms with Crippen LogP contribution >= 0.6 is 0 Å². The molecule has 7 nitrogen and oxygen atoms in total. The summed E-state index contributed by atoms with van der Waals surface area (Å²) in [5.74, 6) is 1.99. The van der Waals surface area contributed by atoms with Crippen LogP contribution in [0.2, 0.25) is 0 Å². The first-order valence-electron chi connectivity index (χ1n) is 21.8. The molecule has 0 aromatic heterocycles. The zero-order valence-corrected chi connectivity index (χ0v) is 35.5. The fraction of sp³-hybridized carbons (Fsp3) is 0.891. The van der Waals surface area contributed by atoms with Gasteiger partial charge in [0.05, 0.1) is 12.8 Å². The Morgan fingerprint density at radius 1 is 0.849 bits per heavy atom. The van der Waals surface area contributed by atoms with Crippen molar-refractivity contribution in [1.29, 1.82) is 0 Å².